The number of anilines is 1. The molecule has 4 aromatic rings. The quantitative estimate of drug-likeness (QED) is 0.310. The Morgan fingerprint density at radius 3 is 2.63 bits per heavy atom. The first-order valence-electron chi connectivity index (χ1n) is 12.2. The zero-order chi connectivity index (χ0) is 26.7. The van der Waals surface area contributed by atoms with Crippen LogP contribution in [0, 0.1) is 5.82 Å². The highest BCUT2D eigenvalue weighted by molar-refractivity contribution is 7.20. The van der Waals surface area contributed by atoms with Crippen molar-refractivity contribution in [2.75, 3.05) is 31.6 Å². The SMILES string of the molecule is CC(C)(NC(=O)Oc1cc2c(NC(=O)c3ccc(CN4CCOCC4)cc3)[nH]nc2s1)c1ccccc1F. The molecule has 0 atom stereocenters. The molecule has 0 radical (unpaired) electrons. The summed E-state index contributed by atoms with van der Waals surface area (Å²) in [5.74, 6) is -0.299. The number of fused-ring (bicyclic) bond motifs is 1. The highest BCUT2D eigenvalue weighted by Crippen LogP contribution is 2.35. The van der Waals surface area contributed by atoms with Crippen LogP contribution in [0.1, 0.15) is 35.3 Å². The summed E-state index contributed by atoms with van der Waals surface area (Å²) in [5.41, 5.74) is 0.998. The molecule has 2 aromatic heterocycles. The molecule has 11 heteroatoms. The van der Waals surface area contributed by atoms with E-state index in [2.05, 4.69) is 25.7 Å². The Hall–Kier alpha value is -3.80. The maximum absolute atomic E-state index is 14.2. The molecule has 3 heterocycles. The molecular formula is C27H28FN5O4S. The molecule has 0 bridgehead atoms. The van der Waals surface area contributed by atoms with Gasteiger partial charge in [-0.25, -0.2) is 9.18 Å². The fraction of sp³-hybridized carbons (Fsp3) is 0.296. The third-order valence-electron chi connectivity index (χ3n) is 6.35. The molecule has 0 unspecified atom stereocenters. The lowest BCUT2D eigenvalue weighted by Crippen LogP contribution is -2.43. The molecule has 0 saturated carbocycles. The average Bonchev–Trinajstić information content (AvgIpc) is 3.45. The first-order valence-corrected chi connectivity index (χ1v) is 13.0. The van der Waals surface area contributed by atoms with Crippen LogP contribution in [-0.2, 0) is 16.8 Å². The summed E-state index contributed by atoms with van der Waals surface area (Å²) in [6.07, 6.45) is -0.728. The topological polar surface area (TPSA) is 109 Å². The van der Waals surface area contributed by atoms with Gasteiger partial charge >= 0.3 is 6.09 Å². The average molecular weight is 538 g/mol. The van der Waals surface area contributed by atoms with Gasteiger partial charge in [-0.3, -0.25) is 14.8 Å². The molecule has 1 saturated heterocycles. The zero-order valence-corrected chi connectivity index (χ0v) is 21.9. The molecule has 1 fully saturated rings. The molecule has 9 nitrogen and oxygen atoms in total. The minimum atomic E-state index is -0.989. The first kappa shape index (κ1) is 25.8. The van der Waals surface area contributed by atoms with Gasteiger partial charge in [-0.15, -0.1) is 0 Å². The van der Waals surface area contributed by atoms with Crippen molar-refractivity contribution in [2.45, 2.75) is 25.9 Å². The van der Waals surface area contributed by atoms with E-state index in [1.54, 1.807) is 50.2 Å². The molecule has 2 amide bonds. The summed E-state index contributed by atoms with van der Waals surface area (Å²) in [4.78, 5) is 28.3. The maximum atomic E-state index is 14.2. The number of carbonyl (C=O) groups is 2. The predicted molar refractivity (Wildman–Crippen MR) is 143 cm³/mol. The van der Waals surface area contributed by atoms with E-state index in [9.17, 15) is 14.0 Å². The largest absolute Gasteiger partial charge is 0.414 e. The van der Waals surface area contributed by atoms with Gasteiger partial charge in [-0.1, -0.05) is 41.7 Å². The van der Waals surface area contributed by atoms with Crippen LogP contribution in [0.15, 0.2) is 54.6 Å². The summed E-state index contributed by atoms with van der Waals surface area (Å²) in [7, 11) is 0. The van der Waals surface area contributed by atoms with E-state index in [-0.39, 0.29) is 5.91 Å². The van der Waals surface area contributed by atoms with Gasteiger partial charge < -0.3 is 20.1 Å². The smallest absolute Gasteiger partial charge is 0.399 e. The number of nitrogens with zero attached hydrogens (tertiary/aromatic N) is 2. The van der Waals surface area contributed by atoms with Crippen LogP contribution in [0.25, 0.3) is 10.2 Å². The summed E-state index contributed by atoms with van der Waals surface area (Å²) in [5, 5.41) is 13.5. The molecule has 198 valence electrons. The summed E-state index contributed by atoms with van der Waals surface area (Å²) in [6.45, 7) is 7.48. The van der Waals surface area contributed by atoms with E-state index in [1.807, 2.05) is 12.1 Å². The lowest BCUT2D eigenvalue weighted by molar-refractivity contribution is 0.0342. The van der Waals surface area contributed by atoms with Gasteiger partial charge in [0, 0.05) is 36.8 Å². The lowest BCUT2D eigenvalue weighted by atomic mass is 9.94. The summed E-state index contributed by atoms with van der Waals surface area (Å²) >= 11 is 1.15. The highest BCUT2D eigenvalue weighted by Gasteiger charge is 2.27. The van der Waals surface area contributed by atoms with E-state index in [4.69, 9.17) is 9.47 Å². The Kier molecular flexibility index (Phi) is 7.41. The molecule has 1 aliphatic heterocycles. The van der Waals surface area contributed by atoms with Gasteiger partial charge in [0.1, 0.15) is 11.6 Å². The number of rotatable bonds is 7. The lowest BCUT2D eigenvalue weighted by Gasteiger charge is -2.26. The number of carbonyl (C=O) groups excluding carboxylic acids is 2. The number of hydrogen-bond donors (Lipinski definition) is 3. The van der Waals surface area contributed by atoms with Crippen molar-refractivity contribution in [1.82, 2.24) is 20.4 Å². The van der Waals surface area contributed by atoms with Crippen LogP contribution in [0.3, 0.4) is 0 Å². The van der Waals surface area contributed by atoms with E-state index in [1.165, 1.54) is 6.07 Å². The minimum Gasteiger partial charge on any atom is -0.399 e. The number of aromatic nitrogens is 2. The number of aromatic amines is 1. The van der Waals surface area contributed by atoms with Crippen molar-refractivity contribution in [3.8, 4) is 5.06 Å². The Labute approximate surface area is 222 Å². The second kappa shape index (κ2) is 10.9. The maximum Gasteiger partial charge on any atom is 0.414 e. The fourth-order valence-corrected chi connectivity index (χ4v) is 5.15. The van der Waals surface area contributed by atoms with E-state index >= 15 is 0 Å². The number of nitrogens with one attached hydrogen (secondary N) is 3. The molecule has 38 heavy (non-hydrogen) atoms. The van der Waals surface area contributed by atoms with Crippen molar-refractivity contribution >= 4 is 39.4 Å². The van der Waals surface area contributed by atoms with Gasteiger partial charge in [0.25, 0.3) is 5.91 Å². The third kappa shape index (κ3) is 5.85. The van der Waals surface area contributed by atoms with E-state index < -0.39 is 17.4 Å². The predicted octanol–water partition coefficient (Wildman–Crippen LogP) is 4.87. The van der Waals surface area contributed by atoms with Crippen LogP contribution in [-0.4, -0.2) is 53.4 Å². The number of H-pyrrole nitrogens is 1. The van der Waals surface area contributed by atoms with Gasteiger partial charge in [0.15, 0.2) is 9.89 Å². The third-order valence-corrected chi connectivity index (χ3v) is 7.25. The molecule has 3 N–H and O–H groups in total. The number of amides is 2. The molecule has 1 aliphatic rings. The van der Waals surface area contributed by atoms with Gasteiger partial charge in [0.2, 0.25) is 0 Å². The van der Waals surface area contributed by atoms with Crippen molar-refractivity contribution < 1.29 is 23.5 Å². The van der Waals surface area contributed by atoms with Crippen molar-refractivity contribution in [3.63, 3.8) is 0 Å². The second-order valence-electron chi connectivity index (χ2n) is 9.54. The second-order valence-corrected chi connectivity index (χ2v) is 10.5. The number of hydrogen-bond acceptors (Lipinski definition) is 7. The van der Waals surface area contributed by atoms with E-state index in [0.29, 0.717) is 32.2 Å². The van der Waals surface area contributed by atoms with E-state index in [0.717, 1.165) is 49.7 Å². The van der Waals surface area contributed by atoms with Crippen LogP contribution < -0.4 is 15.4 Å². The van der Waals surface area contributed by atoms with Gasteiger partial charge in [-0.05, 0) is 37.6 Å². The molecule has 2 aromatic carbocycles. The molecular weight excluding hydrogens is 509 g/mol. The Balaban J connectivity index is 1.21. The Morgan fingerprint density at radius 1 is 1.16 bits per heavy atom. The summed E-state index contributed by atoms with van der Waals surface area (Å²) in [6, 6.07) is 15.4. The highest BCUT2D eigenvalue weighted by atomic mass is 32.1. The number of halogens is 1. The molecule has 5 rings (SSSR count). The number of morpholine rings is 1. The molecule has 0 aliphatic carbocycles. The number of benzene rings is 2. The Morgan fingerprint density at radius 2 is 1.89 bits per heavy atom. The first-order chi connectivity index (χ1) is 18.3. The van der Waals surface area contributed by atoms with Crippen LogP contribution >= 0.6 is 11.3 Å². The van der Waals surface area contributed by atoms with Gasteiger partial charge in [-0.2, -0.15) is 5.10 Å². The number of ether oxygens (including phenoxy) is 2. The van der Waals surface area contributed by atoms with Gasteiger partial charge in [0.05, 0.1) is 24.1 Å². The number of thiophene rings is 1. The van der Waals surface area contributed by atoms with Crippen molar-refractivity contribution in [2.24, 2.45) is 0 Å². The Bertz CT molecular complexity index is 1440. The van der Waals surface area contributed by atoms with Crippen LogP contribution in [0.2, 0.25) is 0 Å². The van der Waals surface area contributed by atoms with Crippen LogP contribution in [0.5, 0.6) is 5.06 Å². The van der Waals surface area contributed by atoms with Crippen LogP contribution in [0.4, 0.5) is 15.0 Å². The fourth-order valence-electron chi connectivity index (χ4n) is 4.31. The summed E-state index contributed by atoms with van der Waals surface area (Å²) < 4.78 is 25.0. The minimum absolute atomic E-state index is 0.286. The van der Waals surface area contributed by atoms with Crippen molar-refractivity contribution in [3.05, 3.63) is 77.1 Å². The zero-order valence-electron chi connectivity index (χ0n) is 21.0. The van der Waals surface area contributed by atoms with Crippen molar-refractivity contribution in [1.29, 1.82) is 0 Å². The normalized spacial score (nSPS) is 14.4. The monoisotopic (exact) mass is 537 g/mol. The molecule has 0 spiro atoms. The standard InChI is InChI=1S/C27H28FN5O4S/c1-27(2,20-5-3-4-6-21(20)28)30-26(35)37-22-15-19-23(31-32-25(19)38-22)29-24(34)18-9-7-17(8-10-18)16-33-11-13-36-14-12-33/h3-10,15H,11-14,16H2,1-2H3,(H,30,35)(H2,29,31,32,34).